The molecule has 1 amide bonds. The molecule has 0 atom stereocenters. The zero-order valence-electron chi connectivity index (χ0n) is 12.2. The lowest BCUT2D eigenvalue weighted by atomic mass is 9.70. The second kappa shape index (κ2) is 6.19. The Morgan fingerprint density at radius 2 is 2.33 bits per heavy atom. The Hall–Kier alpha value is -2.00. The quantitative estimate of drug-likeness (QED) is 0.705. The Labute approximate surface area is 128 Å². The molecule has 0 saturated heterocycles. The van der Waals surface area contributed by atoms with Gasteiger partial charge in [-0.1, -0.05) is 19.4 Å². The van der Waals surface area contributed by atoms with Gasteiger partial charge in [-0.2, -0.15) is 5.26 Å². The van der Waals surface area contributed by atoms with Crippen LogP contribution in [-0.4, -0.2) is 19.0 Å². The number of nitrogens with two attached hydrogens (primary N) is 1. The predicted octanol–water partition coefficient (Wildman–Crippen LogP) is 2.72. The van der Waals surface area contributed by atoms with Crippen LogP contribution in [0.4, 0.5) is 10.7 Å². The molecule has 5 nitrogen and oxygen atoms in total. The number of nitrogens with one attached hydrogen (secondary N) is 2. The molecule has 0 unspecified atom stereocenters. The van der Waals surface area contributed by atoms with Gasteiger partial charge in [0.2, 0.25) is 0 Å². The molecule has 1 heterocycles. The van der Waals surface area contributed by atoms with Crippen LogP contribution >= 0.6 is 11.3 Å². The maximum Gasteiger partial charge on any atom is 0.263 e. The van der Waals surface area contributed by atoms with E-state index in [2.05, 4.69) is 30.2 Å². The van der Waals surface area contributed by atoms with Crippen molar-refractivity contribution >= 4 is 27.9 Å². The molecule has 6 heteroatoms. The monoisotopic (exact) mass is 304 g/mol. The van der Waals surface area contributed by atoms with Crippen molar-refractivity contribution in [1.29, 1.82) is 5.26 Å². The summed E-state index contributed by atoms with van der Waals surface area (Å²) in [5.74, 6) is -0.267. The van der Waals surface area contributed by atoms with E-state index in [0.717, 1.165) is 6.54 Å². The number of hydrogen-bond acceptors (Lipinski definition) is 5. The van der Waals surface area contributed by atoms with Crippen LogP contribution in [0.25, 0.3) is 0 Å². The van der Waals surface area contributed by atoms with Crippen LogP contribution in [0, 0.1) is 16.7 Å². The molecule has 2 rings (SSSR count). The van der Waals surface area contributed by atoms with Crippen molar-refractivity contribution in [3.8, 4) is 6.07 Å². The van der Waals surface area contributed by atoms with Crippen molar-refractivity contribution in [2.24, 2.45) is 5.41 Å². The third-order valence-electron chi connectivity index (χ3n) is 3.91. The highest BCUT2D eigenvalue weighted by Crippen LogP contribution is 2.42. The molecular weight excluding hydrogens is 284 g/mol. The number of thiophene rings is 1. The average molecular weight is 304 g/mol. The number of rotatable bonds is 6. The molecule has 1 fully saturated rings. The number of nitriles is 1. The van der Waals surface area contributed by atoms with Crippen LogP contribution in [0.1, 0.15) is 41.4 Å². The molecule has 0 bridgehead atoms. The van der Waals surface area contributed by atoms with Gasteiger partial charge in [0.1, 0.15) is 21.5 Å². The summed E-state index contributed by atoms with van der Waals surface area (Å²) in [5.41, 5.74) is 6.85. The Kier molecular flexibility index (Phi) is 4.53. The number of nitrogen functional groups attached to an aromatic ring is 1. The smallest absolute Gasteiger partial charge is 0.263 e. The van der Waals surface area contributed by atoms with Gasteiger partial charge in [-0.25, -0.2) is 0 Å². The van der Waals surface area contributed by atoms with Gasteiger partial charge in [-0.3, -0.25) is 4.79 Å². The lowest BCUT2D eigenvalue weighted by molar-refractivity contribution is 0.0963. The van der Waals surface area contributed by atoms with Gasteiger partial charge in [-0.05, 0) is 18.3 Å². The van der Waals surface area contributed by atoms with Gasteiger partial charge >= 0.3 is 0 Å². The minimum absolute atomic E-state index is 0.255. The van der Waals surface area contributed by atoms with Crippen molar-refractivity contribution in [1.82, 2.24) is 5.32 Å². The second-order valence-corrected chi connectivity index (χ2v) is 6.70. The lowest BCUT2D eigenvalue weighted by Crippen LogP contribution is -2.33. The van der Waals surface area contributed by atoms with Crippen molar-refractivity contribution < 1.29 is 4.79 Å². The number of anilines is 2. The summed E-state index contributed by atoms with van der Waals surface area (Å²) in [6.45, 7) is 6.95. The van der Waals surface area contributed by atoms with E-state index >= 15 is 0 Å². The van der Waals surface area contributed by atoms with E-state index in [9.17, 15) is 10.1 Å². The van der Waals surface area contributed by atoms with Gasteiger partial charge in [0.15, 0.2) is 0 Å². The molecule has 0 radical (unpaired) electrons. The summed E-state index contributed by atoms with van der Waals surface area (Å²) < 4.78 is 0. The summed E-state index contributed by atoms with van der Waals surface area (Å²) >= 11 is 1.24. The first-order valence-corrected chi connectivity index (χ1v) is 7.78. The van der Waals surface area contributed by atoms with E-state index in [1.54, 1.807) is 6.08 Å². The van der Waals surface area contributed by atoms with Crippen molar-refractivity contribution in [3.63, 3.8) is 0 Å². The topological polar surface area (TPSA) is 90.9 Å². The van der Waals surface area contributed by atoms with Gasteiger partial charge in [0, 0.05) is 13.1 Å². The fraction of sp³-hybridized carbons (Fsp3) is 0.467. The molecule has 112 valence electrons. The number of nitrogens with zero attached hydrogens (tertiary/aromatic N) is 1. The molecular formula is C15H20N4OS. The molecule has 1 aromatic heterocycles. The maximum atomic E-state index is 12.0. The first kappa shape index (κ1) is 15.4. The molecule has 0 aromatic carbocycles. The van der Waals surface area contributed by atoms with Crippen LogP contribution in [0.15, 0.2) is 12.7 Å². The van der Waals surface area contributed by atoms with E-state index in [1.807, 2.05) is 0 Å². The number of carbonyl (C=O) groups is 1. The maximum absolute atomic E-state index is 12.0. The normalized spacial score (nSPS) is 15.6. The molecule has 0 spiro atoms. The lowest BCUT2D eigenvalue weighted by Gasteiger charge is -2.38. The van der Waals surface area contributed by atoms with Gasteiger partial charge in [0.05, 0.1) is 5.69 Å². The Morgan fingerprint density at radius 3 is 2.86 bits per heavy atom. The highest BCUT2D eigenvalue weighted by molar-refractivity contribution is 7.18. The first-order valence-electron chi connectivity index (χ1n) is 6.96. The van der Waals surface area contributed by atoms with Crippen molar-refractivity contribution in [2.75, 3.05) is 24.1 Å². The number of carbonyl (C=O) groups excluding carboxylic acids is 1. The van der Waals surface area contributed by atoms with Crippen LogP contribution < -0.4 is 16.4 Å². The van der Waals surface area contributed by atoms with E-state index in [4.69, 9.17) is 5.73 Å². The van der Waals surface area contributed by atoms with Crippen molar-refractivity contribution in [2.45, 2.75) is 26.2 Å². The second-order valence-electron chi connectivity index (χ2n) is 5.68. The minimum atomic E-state index is -0.267. The summed E-state index contributed by atoms with van der Waals surface area (Å²) in [4.78, 5) is 12.4. The van der Waals surface area contributed by atoms with Crippen LogP contribution in [-0.2, 0) is 0 Å². The molecule has 1 aliphatic carbocycles. The summed E-state index contributed by atoms with van der Waals surface area (Å²) in [5, 5.41) is 15.9. The Bertz CT molecular complexity index is 596. The number of hydrogen-bond donors (Lipinski definition) is 3. The molecule has 1 aliphatic rings. The Morgan fingerprint density at radius 1 is 1.62 bits per heavy atom. The van der Waals surface area contributed by atoms with Crippen LogP contribution in [0.2, 0.25) is 0 Å². The SMILES string of the molecule is C=CCNC(=O)c1sc(NCC2(C)CCC2)c(C#N)c1N. The molecule has 1 saturated carbocycles. The molecule has 4 N–H and O–H groups in total. The third-order valence-corrected chi connectivity index (χ3v) is 5.07. The standard InChI is InChI=1S/C15H20N4OS/c1-3-7-18-13(20)12-11(17)10(8-16)14(21-12)19-9-15(2)5-4-6-15/h3,19H,1,4-7,9,17H2,2H3,(H,18,20). The third kappa shape index (κ3) is 3.19. The van der Waals surface area contributed by atoms with Gasteiger partial charge in [0.25, 0.3) is 5.91 Å². The van der Waals surface area contributed by atoms with E-state index < -0.39 is 0 Å². The van der Waals surface area contributed by atoms with Crippen LogP contribution in [0.3, 0.4) is 0 Å². The van der Waals surface area contributed by atoms with Gasteiger partial charge < -0.3 is 16.4 Å². The van der Waals surface area contributed by atoms with Crippen LogP contribution in [0.5, 0.6) is 0 Å². The average Bonchev–Trinajstić information content (AvgIpc) is 2.76. The fourth-order valence-corrected chi connectivity index (χ4v) is 3.33. The van der Waals surface area contributed by atoms with E-state index in [1.165, 1.54) is 30.6 Å². The minimum Gasteiger partial charge on any atom is -0.396 e. The summed E-state index contributed by atoms with van der Waals surface area (Å²) in [6.07, 6.45) is 5.24. The molecule has 21 heavy (non-hydrogen) atoms. The first-order chi connectivity index (χ1) is 10.0. The highest BCUT2D eigenvalue weighted by Gasteiger charge is 2.32. The summed E-state index contributed by atoms with van der Waals surface area (Å²) in [7, 11) is 0. The zero-order valence-corrected chi connectivity index (χ0v) is 13.0. The highest BCUT2D eigenvalue weighted by atomic mass is 32.1. The van der Waals surface area contributed by atoms with Gasteiger partial charge in [-0.15, -0.1) is 17.9 Å². The zero-order chi connectivity index (χ0) is 15.5. The predicted molar refractivity (Wildman–Crippen MR) is 86.4 cm³/mol. The van der Waals surface area contributed by atoms with Crippen molar-refractivity contribution in [3.05, 3.63) is 23.1 Å². The largest absolute Gasteiger partial charge is 0.396 e. The fourth-order valence-electron chi connectivity index (χ4n) is 2.34. The molecule has 1 aromatic rings. The van der Waals surface area contributed by atoms with E-state index in [-0.39, 0.29) is 17.0 Å². The summed E-state index contributed by atoms with van der Waals surface area (Å²) in [6, 6.07) is 2.09. The molecule has 0 aliphatic heterocycles. The van der Waals surface area contributed by atoms with E-state index in [0.29, 0.717) is 22.0 Å². The number of amides is 1. The Balaban J connectivity index is 2.15.